The molecule has 0 saturated heterocycles. The van der Waals surface area contributed by atoms with E-state index in [1.54, 1.807) is 6.07 Å². The summed E-state index contributed by atoms with van der Waals surface area (Å²) in [7, 11) is 0. The van der Waals surface area contributed by atoms with Crippen LogP contribution in [0.5, 0.6) is 0 Å². The smallest absolute Gasteiger partial charge is 0.367 e. The fraction of sp³-hybridized carbons (Fsp3) is 0.300. The Morgan fingerprint density at radius 3 is 2.48 bits per heavy atom. The number of nitrogens with zero attached hydrogens (tertiary/aromatic N) is 2. The standard InChI is InChI=1S/C20H19F3N4/c21-20(22,23)13-6-5-9-15(12-13)25-19-26-17-11-4-3-10-16(17)18(27-19)24-14-7-1-2-8-14/h3-6,9-12,14H,1-2,7-8H2,(H2,24,25,26,27). The van der Waals surface area contributed by atoms with Crippen LogP contribution in [0.15, 0.2) is 48.5 Å². The van der Waals surface area contributed by atoms with Crippen LogP contribution in [0.25, 0.3) is 10.9 Å². The van der Waals surface area contributed by atoms with Gasteiger partial charge in [0.2, 0.25) is 5.95 Å². The van der Waals surface area contributed by atoms with Crippen molar-refractivity contribution in [2.24, 2.45) is 0 Å². The van der Waals surface area contributed by atoms with Gasteiger partial charge in [0.25, 0.3) is 0 Å². The summed E-state index contributed by atoms with van der Waals surface area (Å²) in [5, 5.41) is 7.29. The number of aromatic nitrogens is 2. The number of nitrogens with one attached hydrogen (secondary N) is 2. The van der Waals surface area contributed by atoms with Crippen molar-refractivity contribution >= 4 is 28.4 Å². The van der Waals surface area contributed by atoms with Crippen LogP contribution in [0.1, 0.15) is 31.2 Å². The molecule has 0 atom stereocenters. The number of rotatable bonds is 4. The van der Waals surface area contributed by atoms with Crippen LogP contribution in [0.3, 0.4) is 0 Å². The molecule has 0 amide bonds. The molecule has 2 aromatic carbocycles. The summed E-state index contributed by atoms with van der Waals surface area (Å²) >= 11 is 0. The van der Waals surface area contributed by atoms with E-state index < -0.39 is 11.7 Å². The molecule has 1 heterocycles. The number of para-hydroxylation sites is 1. The Morgan fingerprint density at radius 1 is 0.926 bits per heavy atom. The number of hydrogen-bond acceptors (Lipinski definition) is 4. The first-order valence-corrected chi connectivity index (χ1v) is 8.97. The molecule has 140 valence electrons. The summed E-state index contributed by atoms with van der Waals surface area (Å²) in [5.41, 5.74) is 0.326. The highest BCUT2D eigenvalue weighted by molar-refractivity contribution is 5.90. The number of anilines is 3. The third-order valence-corrected chi connectivity index (χ3v) is 4.75. The molecule has 3 aromatic rings. The van der Waals surface area contributed by atoms with Crippen molar-refractivity contribution < 1.29 is 13.2 Å². The predicted octanol–water partition coefficient (Wildman–Crippen LogP) is 5.75. The molecular weight excluding hydrogens is 353 g/mol. The molecule has 1 aliphatic rings. The summed E-state index contributed by atoms with van der Waals surface area (Å²) in [6.07, 6.45) is 0.173. The maximum atomic E-state index is 12.9. The molecule has 0 radical (unpaired) electrons. The highest BCUT2D eigenvalue weighted by atomic mass is 19.4. The topological polar surface area (TPSA) is 49.8 Å². The summed E-state index contributed by atoms with van der Waals surface area (Å²) in [4.78, 5) is 8.99. The van der Waals surface area contributed by atoms with E-state index in [-0.39, 0.29) is 5.95 Å². The highest BCUT2D eigenvalue weighted by Gasteiger charge is 2.30. The van der Waals surface area contributed by atoms with E-state index in [2.05, 4.69) is 20.6 Å². The maximum Gasteiger partial charge on any atom is 0.416 e. The second-order valence-electron chi connectivity index (χ2n) is 6.74. The van der Waals surface area contributed by atoms with Crippen molar-refractivity contribution in [1.29, 1.82) is 0 Å². The van der Waals surface area contributed by atoms with Crippen molar-refractivity contribution in [2.75, 3.05) is 10.6 Å². The van der Waals surface area contributed by atoms with Crippen molar-refractivity contribution in [3.05, 3.63) is 54.1 Å². The van der Waals surface area contributed by atoms with Gasteiger partial charge in [0.05, 0.1) is 11.1 Å². The molecule has 27 heavy (non-hydrogen) atoms. The fourth-order valence-electron chi connectivity index (χ4n) is 3.41. The Hall–Kier alpha value is -2.83. The zero-order valence-corrected chi connectivity index (χ0v) is 14.6. The van der Waals surface area contributed by atoms with Gasteiger partial charge in [-0.15, -0.1) is 0 Å². The summed E-state index contributed by atoms with van der Waals surface area (Å²) in [5.74, 6) is 0.982. The molecule has 2 N–H and O–H groups in total. The Labute approximate surface area is 154 Å². The largest absolute Gasteiger partial charge is 0.416 e. The van der Waals surface area contributed by atoms with Gasteiger partial charge in [-0.3, -0.25) is 0 Å². The summed E-state index contributed by atoms with van der Waals surface area (Å²) in [6, 6.07) is 13.0. The second kappa shape index (κ2) is 7.06. The van der Waals surface area contributed by atoms with Gasteiger partial charge in [-0.1, -0.05) is 31.0 Å². The third-order valence-electron chi connectivity index (χ3n) is 4.75. The Balaban J connectivity index is 1.67. The van der Waals surface area contributed by atoms with Crippen molar-refractivity contribution in [2.45, 2.75) is 37.9 Å². The summed E-state index contributed by atoms with van der Waals surface area (Å²) in [6.45, 7) is 0. The van der Waals surface area contributed by atoms with E-state index in [9.17, 15) is 13.2 Å². The van der Waals surface area contributed by atoms with E-state index in [4.69, 9.17) is 0 Å². The second-order valence-corrected chi connectivity index (χ2v) is 6.74. The molecule has 0 bridgehead atoms. The minimum absolute atomic E-state index is 0.272. The number of alkyl halides is 3. The average Bonchev–Trinajstić information content (AvgIpc) is 3.14. The molecule has 4 rings (SSSR count). The van der Waals surface area contributed by atoms with Crippen LogP contribution >= 0.6 is 0 Å². The number of benzene rings is 2. The van der Waals surface area contributed by atoms with Crippen LogP contribution in [-0.4, -0.2) is 16.0 Å². The molecule has 4 nitrogen and oxygen atoms in total. The van der Waals surface area contributed by atoms with E-state index in [0.717, 1.165) is 35.9 Å². The molecular formula is C20H19F3N4. The minimum Gasteiger partial charge on any atom is -0.367 e. The summed E-state index contributed by atoms with van der Waals surface area (Å²) < 4.78 is 38.8. The maximum absolute atomic E-state index is 12.9. The average molecular weight is 372 g/mol. The van der Waals surface area contributed by atoms with Crippen LogP contribution in [0.4, 0.5) is 30.6 Å². The lowest BCUT2D eigenvalue weighted by Crippen LogP contribution is -2.16. The van der Waals surface area contributed by atoms with Gasteiger partial charge in [-0.05, 0) is 43.2 Å². The first-order valence-electron chi connectivity index (χ1n) is 8.97. The molecule has 1 aliphatic carbocycles. The first-order chi connectivity index (χ1) is 13.0. The zero-order valence-electron chi connectivity index (χ0n) is 14.6. The monoisotopic (exact) mass is 372 g/mol. The highest BCUT2D eigenvalue weighted by Crippen LogP contribution is 2.32. The quantitative estimate of drug-likeness (QED) is 0.612. The number of halogens is 3. The number of hydrogen-bond donors (Lipinski definition) is 2. The molecule has 1 saturated carbocycles. The zero-order chi connectivity index (χ0) is 18.9. The van der Waals surface area contributed by atoms with E-state index in [1.807, 2.05) is 24.3 Å². The minimum atomic E-state index is -4.39. The Bertz CT molecular complexity index is 949. The lowest BCUT2D eigenvalue weighted by Gasteiger charge is -2.16. The van der Waals surface area contributed by atoms with Crippen LogP contribution < -0.4 is 10.6 Å². The van der Waals surface area contributed by atoms with Crippen molar-refractivity contribution in [3.8, 4) is 0 Å². The van der Waals surface area contributed by atoms with E-state index in [1.165, 1.54) is 18.9 Å². The van der Waals surface area contributed by atoms with Gasteiger partial charge in [0.15, 0.2) is 0 Å². The Kier molecular flexibility index (Phi) is 4.59. The van der Waals surface area contributed by atoms with Gasteiger partial charge in [-0.2, -0.15) is 18.2 Å². The van der Waals surface area contributed by atoms with E-state index >= 15 is 0 Å². The lowest BCUT2D eigenvalue weighted by molar-refractivity contribution is -0.137. The SMILES string of the molecule is FC(F)(F)c1cccc(Nc2nc(NC3CCCC3)c3ccccc3n2)c1. The molecule has 1 aromatic heterocycles. The molecule has 0 unspecified atom stereocenters. The predicted molar refractivity (Wildman–Crippen MR) is 100 cm³/mol. The van der Waals surface area contributed by atoms with Crippen LogP contribution in [-0.2, 0) is 6.18 Å². The molecule has 7 heteroatoms. The molecule has 0 spiro atoms. The first kappa shape index (κ1) is 17.6. The van der Waals surface area contributed by atoms with Gasteiger partial charge < -0.3 is 10.6 Å². The fourth-order valence-corrected chi connectivity index (χ4v) is 3.41. The molecule has 1 fully saturated rings. The van der Waals surface area contributed by atoms with Crippen molar-refractivity contribution in [1.82, 2.24) is 9.97 Å². The lowest BCUT2D eigenvalue weighted by atomic mass is 10.2. The van der Waals surface area contributed by atoms with Crippen molar-refractivity contribution in [3.63, 3.8) is 0 Å². The van der Waals surface area contributed by atoms with Gasteiger partial charge >= 0.3 is 6.18 Å². The van der Waals surface area contributed by atoms with Gasteiger partial charge in [0.1, 0.15) is 5.82 Å². The molecule has 0 aliphatic heterocycles. The van der Waals surface area contributed by atoms with E-state index in [0.29, 0.717) is 17.5 Å². The normalized spacial score (nSPS) is 15.2. The third kappa shape index (κ3) is 3.97. The number of fused-ring (bicyclic) bond motifs is 1. The van der Waals surface area contributed by atoms with Crippen LogP contribution in [0.2, 0.25) is 0 Å². The van der Waals surface area contributed by atoms with Crippen LogP contribution in [0, 0.1) is 0 Å². The van der Waals surface area contributed by atoms with Gasteiger partial charge in [-0.25, -0.2) is 4.98 Å². The Morgan fingerprint density at radius 2 is 1.70 bits per heavy atom. The van der Waals surface area contributed by atoms with Gasteiger partial charge in [0, 0.05) is 17.1 Å².